The first kappa shape index (κ1) is 8.36. The number of halogens is 2. The van der Waals surface area contributed by atoms with E-state index < -0.39 is 11.9 Å². The lowest BCUT2D eigenvalue weighted by molar-refractivity contribution is 0.186. The fourth-order valence-electron chi connectivity index (χ4n) is 0.642. The fraction of sp³-hybridized carbons (Fsp3) is 0.143. The molecule has 0 aliphatic heterocycles. The van der Waals surface area contributed by atoms with Crippen LogP contribution in [0.5, 0.6) is 0 Å². The van der Waals surface area contributed by atoms with Crippen molar-refractivity contribution in [1.29, 1.82) is 0 Å². The molecular formula is C7H6F2OS. The molecule has 0 saturated carbocycles. The van der Waals surface area contributed by atoms with Crippen molar-refractivity contribution in [2.45, 2.75) is 6.10 Å². The van der Waals surface area contributed by atoms with Crippen LogP contribution in [0.3, 0.4) is 0 Å². The molecular weight excluding hydrogens is 170 g/mol. The van der Waals surface area contributed by atoms with Crippen LogP contribution in [0.2, 0.25) is 0 Å². The number of aliphatic hydroxyl groups is 1. The van der Waals surface area contributed by atoms with E-state index in [1.165, 1.54) is 11.3 Å². The SMILES string of the molecule is OC(/C(F)=C/F)c1cccs1. The predicted molar refractivity (Wildman–Crippen MR) is 39.6 cm³/mol. The van der Waals surface area contributed by atoms with Gasteiger partial charge >= 0.3 is 0 Å². The first-order valence-corrected chi connectivity index (χ1v) is 3.81. The highest BCUT2D eigenvalue weighted by molar-refractivity contribution is 7.10. The zero-order chi connectivity index (χ0) is 8.27. The summed E-state index contributed by atoms with van der Waals surface area (Å²) in [5.74, 6) is -1.16. The maximum atomic E-state index is 12.3. The van der Waals surface area contributed by atoms with Gasteiger partial charge in [0, 0.05) is 4.88 Å². The zero-order valence-electron chi connectivity index (χ0n) is 5.50. The van der Waals surface area contributed by atoms with E-state index in [2.05, 4.69) is 0 Å². The number of aliphatic hydroxyl groups excluding tert-OH is 1. The second-order valence-electron chi connectivity index (χ2n) is 1.91. The quantitative estimate of drug-likeness (QED) is 0.734. The third-order valence-corrected chi connectivity index (χ3v) is 2.10. The van der Waals surface area contributed by atoms with Gasteiger partial charge in [-0.05, 0) is 11.4 Å². The minimum Gasteiger partial charge on any atom is -0.380 e. The Morgan fingerprint density at radius 1 is 1.73 bits per heavy atom. The van der Waals surface area contributed by atoms with Crippen molar-refractivity contribution in [3.8, 4) is 0 Å². The maximum absolute atomic E-state index is 12.3. The van der Waals surface area contributed by atoms with Crippen molar-refractivity contribution in [2.24, 2.45) is 0 Å². The third-order valence-electron chi connectivity index (χ3n) is 1.18. The normalized spacial score (nSPS) is 15.0. The lowest BCUT2D eigenvalue weighted by Gasteiger charge is -2.02. The molecule has 0 aliphatic carbocycles. The Hall–Kier alpha value is -0.740. The van der Waals surface area contributed by atoms with Crippen LogP contribution in [0, 0.1) is 0 Å². The second kappa shape index (κ2) is 3.59. The molecule has 1 unspecified atom stereocenters. The Morgan fingerprint density at radius 2 is 2.45 bits per heavy atom. The van der Waals surface area contributed by atoms with Gasteiger partial charge in [0.25, 0.3) is 0 Å². The molecule has 1 aromatic heterocycles. The number of hydrogen-bond donors (Lipinski definition) is 1. The first-order valence-electron chi connectivity index (χ1n) is 2.93. The summed E-state index contributed by atoms with van der Waals surface area (Å²) in [7, 11) is 0. The van der Waals surface area contributed by atoms with Gasteiger partial charge in [-0.25, -0.2) is 8.78 Å². The van der Waals surface area contributed by atoms with Gasteiger partial charge in [0.05, 0.1) is 0 Å². The van der Waals surface area contributed by atoms with E-state index in [1.54, 1.807) is 17.5 Å². The number of thiophene rings is 1. The number of rotatable bonds is 2. The van der Waals surface area contributed by atoms with Gasteiger partial charge in [0.15, 0.2) is 5.83 Å². The molecule has 1 atom stereocenters. The van der Waals surface area contributed by atoms with Crippen molar-refractivity contribution in [2.75, 3.05) is 0 Å². The zero-order valence-corrected chi connectivity index (χ0v) is 6.31. The van der Waals surface area contributed by atoms with Gasteiger partial charge in [-0.3, -0.25) is 0 Å². The Labute approximate surface area is 66.6 Å². The van der Waals surface area contributed by atoms with Gasteiger partial charge in [0.1, 0.15) is 12.4 Å². The van der Waals surface area contributed by atoms with E-state index >= 15 is 0 Å². The fourth-order valence-corrected chi connectivity index (χ4v) is 1.36. The van der Waals surface area contributed by atoms with Crippen LogP contribution in [0.4, 0.5) is 8.78 Å². The summed E-state index contributed by atoms with van der Waals surface area (Å²) < 4.78 is 23.9. The van der Waals surface area contributed by atoms with Crippen LogP contribution < -0.4 is 0 Å². The average Bonchev–Trinajstić information content (AvgIpc) is 2.53. The highest BCUT2D eigenvalue weighted by atomic mass is 32.1. The predicted octanol–water partition coefficient (Wildman–Crippen LogP) is 2.56. The lowest BCUT2D eigenvalue weighted by atomic mass is 10.3. The molecule has 0 aliphatic rings. The summed E-state index contributed by atoms with van der Waals surface area (Å²) in [5, 5.41) is 10.7. The highest BCUT2D eigenvalue weighted by Crippen LogP contribution is 2.25. The van der Waals surface area contributed by atoms with E-state index in [9.17, 15) is 8.78 Å². The molecule has 0 spiro atoms. The standard InChI is InChI=1S/C7H6F2OS/c8-4-5(9)7(10)6-2-1-3-11-6/h1-4,7,10H/b5-4-. The molecule has 11 heavy (non-hydrogen) atoms. The van der Waals surface area contributed by atoms with Crippen LogP contribution >= 0.6 is 11.3 Å². The molecule has 0 amide bonds. The monoisotopic (exact) mass is 176 g/mol. The largest absolute Gasteiger partial charge is 0.380 e. The van der Waals surface area contributed by atoms with Gasteiger partial charge in [0.2, 0.25) is 0 Å². The minimum atomic E-state index is -1.44. The second-order valence-corrected chi connectivity index (χ2v) is 2.89. The third kappa shape index (κ3) is 1.85. The minimum absolute atomic E-state index is 0.232. The van der Waals surface area contributed by atoms with E-state index in [1.807, 2.05) is 0 Å². The van der Waals surface area contributed by atoms with Crippen LogP contribution in [-0.4, -0.2) is 5.11 Å². The molecule has 1 aromatic rings. The van der Waals surface area contributed by atoms with Crippen molar-refractivity contribution >= 4 is 11.3 Å². The summed E-state index contributed by atoms with van der Waals surface area (Å²) >= 11 is 1.18. The molecule has 4 heteroatoms. The molecule has 1 rings (SSSR count). The molecule has 60 valence electrons. The smallest absolute Gasteiger partial charge is 0.162 e. The first-order chi connectivity index (χ1) is 5.25. The lowest BCUT2D eigenvalue weighted by Crippen LogP contribution is -1.93. The molecule has 1 heterocycles. The van der Waals surface area contributed by atoms with Gasteiger partial charge < -0.3 is 5.11 Å². The molecule has 0 radical (unpaired) electrons. The van der Waals surface area contributed by atoms with Crippen LogP contribution in [-0.2, 0) is 0 Å². The number of hydrogen-bond acceptors (Lipinski definition) is 2. The maximum Gasteiger partial charge on any atom is 0.162 e. The van der Waals surface area contributed by atoms with E-state index in [0.717, 1.165) is 0 Å². The van der Waals surface area contributed by atoms with E-state index in [-0.39, 0.29) is 6.33 Å². The molecule has 0 aromatic carbocycles. The summed E-state index contributed by atoms with van der Waals surface area (Å²) in [5.41, 5.74) is 0. The molecule has 1 nitrogen and oxygen atoms in total. The summed E-state index contributed by atoms with van der Waals surface area (Å²) in [6.07, 6.45) is -1.68. The van der Waals surface area contributed by atoms with Gasteiger partial charge in [-0.1, -0.05) is 6.07 Å². The summed E-state index contributed by atoms with van der Waals surface area (Å²) in [6.45, 7) is 0. The van der Waals surface area contributed by atoms with Gasteiger partial charge in [-0.15, -0.1) is 11.3 Å². The van der Waals surface area contributed by atoms with Crippen LogP contribution in [0.15, 0.2) is 29.7 Å². The molecule has 0 saturated heterocycles. The average molecular weight is 176 g/mol. The summed E-state index contributed by atoms with van der Waals surface area (Å²) in [4.78, 5) is 0.399. The molecule has 0 bridgehead atoms. The van der Waals surface area contributed by atoms with Crippen LogP contribution in [0.1, 0.15) is 11.0 Å². The highest BCUT2D eigenvalue weighted by Gasteiger charge is 2.13. The van der Waals surface area contributed by atoms with E-state index in [4.69, 9.17) is 5.11 Å². The van der Waals surface area contributed by atoms with Gasteiger partial charge in [-0.2, -0.15) is 0 Å². The van der Waals surface area contributed by atoms with Crippen LogP contribution in [0.25, 0.3) is 0 Å². The Kier molecular flexibility index (Phi) is 2.73. The topological polar surface area (TPSA) is 20.2 Å². The van der Waals surface area contributed by atoms with Crippen molar-refractivity contribution < 1.29 is 13.9 Å². The summed E-state index contributed by atoms with van der Waals surface area (Å²) in [6, 6.07) is 3.20. The van der Waals surface area contributed by atoms with Crippen molar-refractivity contribution in [1.82, 2.24) is 0 Å². The Bertz CT molecular complexity index is 243. The Balaban J connectivity index is 2.78. The Morgan fingerprint density at radius 3 is 2.91 bits per heavy atom. The van der Waals surface area contributed by atoms with Crippen molar-refractivity contribution in [3.63, 3.8) is 0 Å². The van der Waals surface area contributed by atoms with E-state index in [0.29, 0.717) is 4.88 Å². The van der Waals surface area contributed by atoms with Crippen molar-refractivity contribution in [3.05, 3.63) is 34.5 Å². The molecule has 1 N–H and O–H groups in total. The molecule has 0 fully saturated rings.